The summed E-state index contributed by atoms with van der Waals surface area (Å²) in [7, 11) is 2.80. The van der Waals surface area contributed by atoms with Gasteiger partial charge in [0, 0.05) is 104 Å². The SMILES string of the molecule is COc1c(N2CCNCC2)c(F)c(C)c2c(=O)c(C(=O)OC(OCC(=O)[C@@]3(O)CC[C@H]4[C@@H]5CCC6=CC(=O)C=C[C@]6(C)[C@H]5[C@@H](O)C[C@@]43C)OC(=O)c3c(C)n(C4CC4)c4c(OC)c(N5CCNCC5)c(F)c(C)c4c3=O)c(C)n(C3CC3)c12. The Morgan fingerprint density at radius 3 is 1.67 bits per heavy atom. The van der Waals surface area contributed by atoms with Gasteiger partial charge in [-0.05, 0) is 109 Å². The number of carbonyl (C=O) groups excluding carboxylic acids is 4. The van der Waals surface area contributed by atoms with Crippen LogP contribution in [0.15, 0.2) is 33.4 Å². The summed E-state index contributed by atoms with van der Waals surface area (Å²) in [5.74, 6) is -5.50. The van der Waals surface area contributed by atoms with E-state index in [0.29, 0.717) is 108 Å². The van der Waals surface area contributed by atoms with E-state index in [9.17, 15) is 19.8 Å². The molecule has 0 bridgehead atoms. The predicted molar refractivity (Wildman–Crippen MR) is 304 cm³/mol. The number of benzene rings is 2. The molecule has 0 unspecified atom stereocenters. The first-order valence-electron chi connectivity index (χ1n) is 29.3. The number of allylic oxidation sites excluding steroid dienone is 4. The van der Waals surface area contributed by atoms with Gasteiger partial charge in [0.2, 0.25) is 10.9 Å². The number of ether oxygens (including phenoxy) is 5. The highest BCUT2D eigenvalue weighted by Gasteiger charge is 2.68. The van der Waals surface area contributed by atoms with Gasteiger partial charge in [-0.15, -0.1) is 0 Å². The molecule has 4 N–H and O–H groups in total. The van der Waals surface area contributed by atoms with Crippen molar-refractivity contribution in [2.45, 2.75) is 130 Å². The minimum absolute atomic E-state index is 0.0102. The highest BCUT2D eigenvalue weighted by atomic mass is 19.1. The zero-order valence-corrected chi connectivity index (χ0v) is 48.4. The van der Waals surface area contributed by atoms with Crippen molar-refractivity contribution in [3.63, 3.8) is 0 Å². The van der Waals surface area contributed by atoms with Gasteiger partial charge >= 0.3 is 18.4 Å². The maximum absolute atomic E-state index is 16.9. The molecule has 6 aliphatic carbocycles. The molecule has 83 heavy (non-hydrogen) atoms. The first kappa shape index (κ1) is 56.9. The quantitative estimate of drug-likeness (QED) is 0.0811. The van der Waals surface area contributed by atoms with E-state index in [0.717, 1.165) is 5.57 Å². The second kappa shape index (κ2) is 20.9. The number of anilines is 2. The third kappa shape index (κ3) is 8.78. The lowest BCUT2D eigenvalue weighted by Gasteiger charge is -2.59. The van der Waals surface area contributed by atoms with Gasteiger partial charge in [-0.1, -0.05) is 25.5 Å². The zero-order valence-electron chi connectivity index (χ0n) is 48.4. The van der Waals surface area contributed by atoms with Crippen LogP contribution < -0.4 is 40.8 Å². The molecule has 5 saturated carbocycles. The Bertz CT molecular complexity index is 3460. The number of hydrogen-bond donors (Lipinski definition) is 4. The molecule has 19 nitrogen and oxygen atoms in total. The molecule has 2 aromatic heterocycles. The van der Waals surface area contributed by atoms with Crippen molar-refractivity contribution in [3.8, 4) is 11.5 Å². The van der Waals surface area contributed by atoms with Gasteiger partial charge in [-0.3, -0.25) is 19.2 Å². The molecule has 12 rings (SSSR count). The second-order valence-electron chi connectivity index (χ2n) is 24.8. The van der Waals surface area contributed by atoms with E-state index < -0.39 is 87.0 Å². The lowest BCUT2D eigenvalue weighted by atomic mass is 9.46. The number of methoxy groups -OCH3 is 2. The van der Waals surface area contributed by atoms with Crippen LogP contribution in [0, 0.1) is 67.9 Å². The molecular weight excluding hydrogens is 1070 g/mol. The lowest BCUT2D eigenvalue weighted by molar-refractivity contribution is -0.237. The summed E-state index contributed by atoms with van der Waals surface area (Å²) in [5.41, 5.74) is -4.65. The number of Topliss-reactive ketones (excluding diaryl/α,β-unsaturated/α-hetero) is 1. The Hall–Kier alpha value is -6.52. The van der Waals surface area contributed by atoms with Crippen LogP contribution in [0.4, 0.5) is 20.2 Å². The van der Waals surface area contributed by atoms with E-state index in [-0.39, 0.29) is 105 Å². The summed E-state index contributed by atoms with van der Waals surface area (Å²) in [5, 5.41) is 31.2. The molecule has 2 aromatic carbocycles. The largest absolute Gasteiger partial charge is 0.492 e. The maximum Gasteiger partial charge on any atom is 0.365 e. The van der Waals surface area contributed by atoms with E-state index in [1.807, 2.05) is 22.8 Å². The Morgan fingerprint density at radius 1 is 0.735 bits per heavy atom. The van der Waals surface area contributed by atoms with Gasteiger partial charge in [0.25, 0.3) is 0 Å². The number of carbonyl (C=O) groups is 4. The topological polar surface area (TPSA) is 229 Å². The van der Waals surface area contributed by atoms with Crippen molar-refractivity contribution in [1.82, 2.24) is 19.8 Å². The summed E-state index contributed by atoms with van der Waals surface area (Å²) in [6.45, 7) is 10.6. The number of aryl methyl sites for hydroxylation is 2. The number of pyridine rings is 2. The number of nitrogens with one attached hydrogen (secondary N) is 2. The van der Waals surface area contributed by atoms with Crippen molar-refractivity contribution in [3.05, 3.63) is 89.5 Å². The molecule has 0 spiro atoms. The van der Waals surface area contributed by atoms with E-state index in [1.165, 1.54) is 34.1 Å². The highest BCUT2D eigenvalue weighted by Crippen LogP contribution is 2.67. The summed E-state index contributed by atoms with van der Waals surface area (Å²) >= 11 is 0. The average Bonchev–Trinajstić information content (AvgIpc) is 1.80. The van der Waals surface area contributed by atoms with Gasteiger partial charge in [0.05, 0.1) is 42.1 Å². The monoisotopic (exact) mass is 1150 g/mol. The molecule has 4 aromatic rings. The van der Waals surface area contributed by atoms with E-state index in [4.69, 9.17) is 23.7 Å². The van der Waals surface area contributed by atoms with Crippen molar-refractivity contribution in [1.29, 1.82) is 0 Å². The highest BCUT2D eigenvalue weighted by molar-refractivity contribution is 6.03. The van der Waals surface area contributed by atoms with Gasteiger partial charge < -0.3 is 63.5 Å². The molecule has 4 heterocycles. The number of esters is 2. The smallest absolute Gasteiger partial charge is 0.365 e. The Kier molecular flexibility index (Phi) is 14.3. The van der Waals surface area contributed by atoms with E-state index in [1.54, 1.807) is 36.0 Å². The first-order chi connectivity index (χ1) is 39.6. The summed E-state index contributed by atoms with van der Waals surface area (Å²) in [6.07, 6.45) is 8.39. The molecule has 444 valence electrons. The van der Waals surface area contributed by atoms with Crippen LogP contribution in [-0.2, 0) is 23.8 Å². The number of hydrogen-bond acceptors (Lipinski definition) is 17. The van der Waals surface area contributed by atoms with Crippen LogP contribution in [0.5, 0.6) is 11.5 Å². The standard InChI is InChI=1S/C62H74F2N6O13/c1-30-42-49(55(79-7)51(47(30)63)67-23-19-65-20-24-67)69(35-10-11-35)32(3)44(53(42)74)57(76)82-59(81-29-41(73)62(78)18-16-39-38-14-9-34-27-37(71)15-17-60(34,5)46(38)40(72)28-61(39,62)6)83-58(77)45-33(4)70(36-12-13-36)50-43(54(45)75)31(2)48(64)52(56(50)80-8)68-25-21-66-22-26-68/h15,17,27,35-36,38-40,46,59,65-66,72,78H,9-14,16,18-26,28-29H2,1-8H3/t38-,39-,40-,46+,60-,61-,62-/m0/s1. The van der Waals surface area contributed by atoms with Crippen LogP contribution in [0.1, 0.15) is 127 Å². The third-order valence-electron chi connectivity index (χ3n) is 20.4. The van der Waals surface area contributed by atoms with Crippen molar-refractivity contribution in [2.75, 3.05) is 83.0 Å². The first-order valence-corrected chi connectivity index (χ1v) is 29.3. The fourth-order valence-electron chi connectivity index (χ4n) is 16.0. The van der Waals surface area contributed by atoms with Crippen LogP contribution in [0.25, 0.3) is 21.8 Å². The minimum Gasteiger partial charge on any atom is -0.492 e. The minimum atomic E-state index is -2.46. The Labute approximate surface area is 478 Å². The molecule has 0 radical (unpaired) electrons. The van der Waals surface area contributed by atoms with Gasteiger partial charge in [-0.25, -0.2) is 18.4 Å². The summed E-state index contributed by atoms with van der Waals surface area (Å²) < 4.78 is 67.2. The Morgan fingerprint density at radius 2 is 1.22 bits per heavy atom. The fourth-order valence-corrected chi connectivity index (χ4v) is 16.0. The third-order valence-corrected chi connectivity index (χ3v) is 20.4. The van der Waals surface area contributed by atoms with Crippen LogP contribution in [0.3, 0.4) is 0 Å². The average molecular weight is 1150 g/mol. The lowest BCUT2D eigenvalue weighted by Crippen LogP contribution is -2.61. The van der Waals surface area contributed by atoms with E-state index >= 15 is 28.0 Å². The second-order valence-corrected chi connectivity index (χ2v) is 24.8. The molecule has 7 fully saturated rings. The number of aromatic nitrogens is 2. The molecule has 21 heteroatoms. The van der Waals surface area contributed by atoms with Gasteiger partial charge in [0.15, 0.2) is 34.7 Å². The number of ketones is 2. The van der Waals surface area contributed by atoms with Gasteiger partial charge in [-0.2, -0.15) is 0 Å². The number of rotatable bonds is 14. The number of fused-ring (bicyclic) bond motifs is 7. The molecule has 7 atom stereocenters. The van der Waals surface area contributed by atoms with Crippen LogP contribution >= 0.6 is 0 Å². The number of piperazine rings is 2. The number of aliphatic hydroxyl groups is 2. The maximum atomic E-state index is 16.9. The number of halogens is 2. The van der Waals surface area contributed by atoms with Crippen LogP contribution in [0.2, 0.25) is 0 Å². The molecule has 8 aliphatic rings. The van der Waals surface area contributed by atoms with Crippen LogP contribution in [-0.4, -0.2) is 134 Å². The predicted octanol–water partition coefficient (Wildman–Crippen LogP) is 6.23. The molecule has 2 saturated heterocycles. The fraction of sp³-hybridized carbons (Fsp3) is 0.581. The zero-order chi connectivity index (χ0) is 58.9. The summed E-state index contributed by atoms with van der Waals surface area (Å²) in [4.78, 5) is 91.3. The van der Waals surface area contributed by atoms with E-state index in [2.05, 4.69) is 10.6 Å². The normalized spacial score (nSPS) is 27.8. The summed E-state index contributed by atoms with van der Waals surface area (Å²) in [6, 6.07) is -0.453. The van der Waals surface area contributed by atoms with Crippen molar-refractivity contribution >= 4 is 56.7 Å². The molecule has 2 aliphatic heterocycles. The molecule has 0 amide bonds. The molecular formula is C62H74F2N6O13. The Balaban J connectivity index is 0.929. The van der Waals surface area contributed by atoms with Gasteiger partial charge in [0.1, 0.15) is 34.7 Å². The van der Waals surface area contributed by atoms with Crippen molar-refractivity contribution in [2.24, 2.45) is 28.6 Å². The number of nitrogens with zero attached hydrogens (tertiary/aromatic N) is 4. The van der Waals surface area contributed by atoms with Crippen molar-refractivity contribution < 1.29 is 61.9 Å². The number of aliphatic hydroxyl groups excluding tert-OH is 1.